The Morgan fingerprint density at radius 3 is 2.76 bits per heavy atom. The SMILES string of the molecule is OC[C@H]1CNC[C@@H]1c1cccc2ccccc12. The van der Waals surface area contributed by atoms with Gasteiger partial charge in [-0.2, -0.15) is 0 Å². The number of aliphatic hydroxyl groups excluding tert-OH is 1. The van der Waals surface area contributed by atoms with Gasteiger partial charge in [0.2, 0.25) is 0 Å². The van der Waals surface area contributed by atoms with Crippen LogP contribution in [0.1, 0.15) is 11.5 Å². The van der Waals surface area contributed by atoms with E-state index in [9.17, 15) is 5.11 Å². The Morgan fingerprint density at radius 2 is 1.88 bits per heavy atom. The van der Waals surface area contributed by atoms with Crippen molar-refractivity contribution in [2.24, 2.45) is 5.92 Å². The van der Waals surface area contributed by atoms with Crippen LogP contribution < -0.4 is 5.32 Å². The minimum absolute atomic E-state index is 0.265. The van der Waals surface area contributed by atoms with Gasteiger partial charge in [-0.3, -0.25) is 0 Å². The number of aliphatic hydroxyl groups is 1. The van der Waals surface area contributed by atoms with E-state index in [-0.39, 0.29) is 6.61 Å². The average molecular weight is 227 g/mol. The lowest BCUT2D eigenvalue weighted by molar-refractivity contribution is 0.226. The highest BCUT2D eigenvalue weighted by Gasteiger charge is 2.28. The zero-order chi connectivity index (χ0) is 11.7. The van der Waals surface area contributed by atoms with Crippen LogP contribution >= 0.6 is 0 Å². The Hall–Kier alpha value is -1.38. The van der Waals surface area contributed by atoms with Crippen LogP contribution in [0.25, 0.3) is 10.8 Å². The number of hydrogen-bond donors (Lipinski definition) is 2. The van der Waals surface area contributed by atoms with E-state index in [1.54, 1.807) is 0 Å². The molecule has 0 saturated carbocycles. The van der Waals surface area contributed by atoms with Crippen molar-refractivity contribution in [3.8, 4) is 0 Å². The van der Waals surface area contributed by atoms with Gasteiger partial charge in [0.05, 0.1) is 0 Å². The van der Waals surface area contributed by atoms with Crippen molar-refractivity contribution >= 4 is 10.8 Å². The third-order valence-electron chi connectivity index (χ3n) is 3.80. The monoisotopic (exact) mass is 227 g/mol. The third-order valence-corrected chi connectivity index (χ3v) is 3.80. The van der Waals surface area contributed by atoms with Gasteiger partial charge >= 0.3 is 0 Å². The number of rotatable bonds is 2. The summed E-state index contributed by atoms with van der Waals surface area (Å²) in [6, 6.07) is 14.9. The molecule has 1 aliphatic rings. The zero-order valence-corrected chi connectivity index (χ0v) is 9.76. The van der Waals surface area contributed by atoms with Crippen molar-refractivity contribution in [2.75, 3.05) is 19.7 Å². The average Bonchev–Trinajstić information content (AvgIpc) is 2.86. The molecule has 1 heterocycles. The van der Waals surface area contributed by atoms with Gasteiger partial charge in [-0.25, -0.2) is 0 Å². The van der Waals surface area contributed by atoms with E-state index in [1.807, 2.05) is 0 Å². The molecule has 0 bridgehead atoms. The van der Waals surface area contributed by atoms with Crippen molar-refractivity contribution in [3.63, 3.8) is 0 Å². The maximum Gasteiger partial charge on any atom is 0.0477 e. The largest absolute Gasteiger partial charge is 0.396 e. The molecule has 2 N–H and O–H groups in total. The number of benzene rings is 2. The lowest BCUT2D eigenvalue weighted by Gasteiger charge is -2.18. The van der Waals surface area contributed by atoms with Crippen molar-refractivity contribution in [2.45, 2.75) is 5.92 Å². The van der Waals surface area contributed by atoms with Gasteiger partial charge in [0.1, 0.15) is 0 Å². The Balaban J connectivity index is 2.10. The lowest BCUT2D eigenvalue weighted by Crippen LogP contribution is -2.15. The molecule has 88 valence electrons. The molecule has 2 heteroatoms. The predicted octanol–water partition coefficient (Wildman–Crippen LogP) is 2.14. The van der Waals surface area contributed by atoms with E-state index >= 15 is 0 Å². The summed E-state index contributed by atoms with van der Waals surface area (Å²) >= 11 is 0. The molecule has 0 aromatic heterocycles. The fraction of sp³-hybridized carbons (Fsp3) is 0.333. The summed E-state index contributed by atoms with van der Waals surface area (Å²) in [5, 5.41) is 15.4. The van der Waals surface area contributed by atoms with E-state index in [1.165, 1.54) is 16.3 Å². The molecule has 0 amide bonds. The predicted molar refractivity (Wildman–Crippen MR) is 70.1 cm³/mol. The molecule has 2 nitrogen and oxygen atoms in total. The first kappa shape index (κ1) is 10.8. The van der Waals surface area contributed by atoms with Crippen molar-refractivity contribution in [1.29, 1.82) is 0 Å². The van der Waals surface area contributed by atoms with Crippen LogP contribution in [0, 0.1) is 5.92 Å². The van der Waals surface area contributed by atoms with Gasteiger partial charge in [0.25, 0.3) is 0 Å². The van der Waals surface area contributed by atoms with Gasteiger partial charge in [-0.05, 0) is 16.3 Å². The fourth-order valence-electron chi connectivity index (χ4n) is 2.86. The molecule has 1 saturated heterocycles. The highest BCUT2D eigenvalue weighted by Crippen LogP contribution is 2.32. The third kappa shape index (κ3) is 1.84. The molecule has 0 spiro atoms. The van der Waals surface area contributed by atoms with Crippen molar-refractivity contribution < 1.29 is 5.11 Å². The highest BCUT2D eigenvalue weighted by atomic mass is 16.3. The smallest absolute Gasteiger partial charge is 0.0477 e. The molecule has 2 atom stereocenters. The van der Waals surface area contributed by atoms with Crippen LogP contribution in [0.15, 0.2) is 42.5 Å². The summed E-state index contributed by atoms with van der Waals surface area (Å²) in [4.78, 5) is 0. The van der Waals surface area contributed by atoms with E-state index in [2.05, 4.69) is 47.8 Å². The first-order chi connectivity index (χ1) is 8.40. The second-order valence-electron chi connectivity index (χ2n) is 4.78. The lowest BCUT2D eigenvalue weighted by atomic mass is 9.86. The first-order valence-electron chi connectivity index (χ1n) is 6.19. The van der Waals surface area contributed by atoms with Crippen LogP contribution in [0.3, 0.4) is 0 Å². The van der Waals surface area contributed by atoms with Crippen LogP contribution in [0.5, 0.6) is 0 Å². The van der Waals surface area contributed by atoms with Gasteiger partial charge in [-0.1, -0.05) is 42.5 Å². The summed E-state index contributed by atoms with van der Waals surface area (Å²) < 4.78 is 0. The van der Waals surface area contributed by atoms with E-state index < -0.39 is 0 Å². The molecule has 0 aliphatic carbocycles. The molecule has 0 radical (unpaired) electrons. The Morgan fingerprint density at radius 1 is 1.06 bits per heavy atom. The number of nitrogens with one attached hydrogen (secondary N) is 1. The van der Waals surface area contributed by atoms with Crippen molar-refractivity contribution in [1.82, 2.24) is 5.32 Å². The van der Waals surface area contributed by atoms with Crippen LogP contribution in [-0.4, -0.2) is 24.8 Å². The standard InChI is InChI=1S/C15H17NO/c17-10-12-8-16-9-15(12)14-7-3-5-11-4-1-2-6-13(11)14/h1-7,12,15-17H,8-10H2/t12-,15+/m1/s1. The molecule has 2 aromatic carbocycles. The quantitative estimate of drug-likeness (QED) is 0.823. The summed E-state index contributed by atoms with van der Waals surface area (Å²) in [6.07, 6.45) is 0. The zero-order valence-electron chi connectivity index (χ0n) is 9.76. The second kappa shape index (κ2) is 4.47. The maximum atomic E-state index is 9.43. The molecular weight excluding hydrogens is 210 g/mol. The van der Waals surface area contributed by atoms with Crippen LogP contribution in [-0.2, 0) is 0 Å². The molecule has 1 fully saturated rings. The molecule has 0 unspecified atom stereocenters. The van der Waals surface area contributed by atoms with Gasteiger partial charge in [-0.15, -0.1) is 0 Å². The van der Waals surface area contributed by atoms with Gasteiger partial charge < -0.3 is 10.4 Å². The number of hydrogen-bond acceptors (Lipinski definition) is 2. The van der Waals surface area contributed by atoms with Gasteiger partial charge in [0, 0.05) is 31.5 Å². The van der Waals surface area contributed by atoms with Crippen molar-refractivity contribution in [3.05, 3.63) is 48.0 Å². The normalized spacial score (nSPS) is 24.3. The molecule has 1 aliphatic heterocycles. The van der Waals surface area contributed by atoms with E-state index in [4.69, 9.17) is 0 Å². The summed E-state index contributed by atoms with van der Waals surface area (Å²) in [5.74, 6) is 0.784. The van der Waals surface area contributed by atoms with Crippen LogP contribution in [0.2, 0.25) is 0 Å². The Kier molecular flexibility index (Phi) is 2.83. The number of fused-ring (bicyclic) bond motifs is 1. The Labute approximate surface area is 101 Å². The van der Waals surface area contributed by atoms with E-state index in [0.29, 0.717) is 11.8 Å². The molecule has 17 heavy (non-hydrogen) atoms. The molecule has 3 rings (SSSR count). The van der Waals surface area contributed by atoms with E-state index in [0.717, 1.165) is 13.1 Å². The van der Waals surface area contributed by atoms with Gasteiger partial charge in [0.15, 0.2) is 0 Å². The minimum atomic E-state index is 0.265. The summed E-state index contributed by atoms with van der Waals surface area (Å²) in [5.41, 5.74) is 1.37. The fourth-order valence-corrected chi connectivity index (χ4v) is 2.86. The summed E-state index contributed by atoms with van der Waals surface area (Å²) in [7, 11) is 0. The molecule has 2 aromatic rings. The highest BCUT2D eigenvalue weighted by molar-refractivity contribution is 5.86. The maximum absolute atomic E-state index is 9.43. The summed E-state index contributed by atoms with van der Waals surface area (Å²) in [6.45, 7) is 2.16. The first-order valence-corrected chi connectivity index (χ1v) is 6.19. The molecular formula is C15H17NO. The minimum Gasteiger partial charge on any atom is -0.396 e. The Bertz CT molecular complexity index is 518. The second-order valence-corrected chi connectivity index (χ2v) is 4.78. The topological polar surface area (TPSA) is 32.3 Å². The van der Waals surface area contributed by atoms with Crippen LogP contribution in [0.4, 0.5) is 0 Å².